The molecular formula is C8H19NOSi. The minimum absolute atomic E-state index is 0.174. The van der Waals surface area contributed by atoms with Gasteiger partial charge in [0.2, 0.25) is 5.91 Å². The van der Waals surface area contributed by atoms with Crippen molar-refractivity contribution in [2.24, 2.45) is 5.92 Å². The molecule has 0 aliphatic rings. The third-order valence-corrected chi connectivity index (χ3v) is 3.45. The second-order valence-corrected chi connectivity index (χ2v) is 9.81. The van der Waals surface area contributed by atoms with E-state index in [1.54, 1.807) is 7.05 Å². The first-order chi connectivity index (χ1) is 4.87. The Balaban J connectivity index is 3.87. The zero-order valence-electron chi connectivity index (χ0n) is 8.19. The Hall–Kier alpha value is -0.313. The molecule has 0 aromatic heterocycles. The second kappa shape index (κ2) is 3.90. The lowest BCUT2D eigenvalue weighted by Gasteiger charge is -2.19. The minimum atomic E-state index is -1.06. The van der Waals surface area contributed by atoms with Crippen molar-refractivity contribution < 1.29 is 4.79 Å². The molecule has 1 N–H and O–H groups in total. The van der Waals surface area contributed by atoms with E-state index in [1.807, 2.05) is 6.92 Å². The maximum Gasteiger partial charge on any atom is 0.222 e. The first-order valence-electron chi connectivity index (χ1n) is 4.08. The van der Waals surface area contributed by atoms with E-state index in [9.17, 15) is 4.79 Å². The molecule has 3 heteroatoms. The number of rotatable bonds is 3. The van der Waals surface area contributed by atoms with Crippen molar-refractivity contribution in [3.63, 3.8) is 0 Å². The van der Waals surface area contributed by atoms with Crippen molar-refractivity contribution in [1.29, 1.82) is 0 Å². The van der Waals surface area contributed by atoms with Crippen molar-refractivity contribution in [1.82, 2.24) is 5.32 Å². The maximum atomic E-state index is 11.1. The van der Waals surface area contributed by atoms with Crippen LogP contribution in [0.1, 0.15) is 6.92 Å². The van der Waals surface area contributed by atoms with Crippen LogP contribution in [0.5, 0.6) is 0 Å². The third-order valence-electron chi connectivity index (χ3n) is 1.61. The van der Waals surface area contributed by atoms with Gasteiger partial charge in [-0.2, -0.15) is 0 Å². The van der Waals surface area contributed by atoms with Gasteiger partial charge in [0, 0.05) is 21.0 Å². The summed E-state index contributed by atoms with van der Waals surface area (Å²) < 4.78 is 0. The highest BCUT2D eigenvalue weighted by Crippen LogP contribution is 2.15. The van der Waals surface area contributed by atoms with Gasteiger partial charge in [-0.15, -0.1) is 0 Å². The van der Waals surface area contributed by atoms with Crippen LogP contribution in [0.15, 0.2) is 0 Å². The predicted molar refractivity (Wildman–Crippen MR) is 51.4 cm³/mol. The zero-order valence-corrected chi connectivity index (χ0v) is 9.19. The van der Waals surface area contributed by atoms with Crippen LogP contribution in [-0.4, -0.2) is 21.0 Å². The first kappa shape index (κ1) is 10.7. The highest BCUT2D eigenvalue weighted by atomic mass is 28.3. The normalized spacial score (nSPS) is 14.3. The second-order valence-electron chi connectivity index (χ2n) is 4.28. The minimum Gasteiger partial charge on any atom is -0.359 e. The number of hydrogen-bond acceptors (Lipinski definition) is 1. The molecule has 2 nitrogen and oxygen atoms in total. The van der Waals surface area contributed by atoms with E-state index >= 15 is 0 Å². The number of amides is 1. The molecule has 1 unspecified atom stereocenters. The lowest BCUT2D eigenvalue weighted by molar-refractivity contribution is -0.123. The van der Waals surface area contributed by atoms with Gasteiger partial charge in [0.1, 0.15) is 0 Å². The molecule has 0 bridgehead atoms. The Bertz CT molecular complexity index is 140. The number of nitrogens with one attached hydrogen (secondary N) is 1. The highest BCUT2D eigenvalue weighted by Gasteiger charge is 2.21. The van der Waals surface area contributed by atoms with E-state index in [4.69, 9.17) is 0 Å². The molecule has 0 saturated carbocycles. The van der Waals surface area contributed by atoms with E-state index in [0.717, 1.165) is 6.04 Å². The summed E-state index contributed by atoms with van der Waals surface area (Å²) in [7, 11) is 0.637. The number of carbonyl (C=O) groups is 1. The monoisotopic (exact) mass is 173 g/mol. The average molecular weight is 173 g/mol. The van der Waals surface area contributed by atoms with Gasteiger partial charge < -0.3 is 5.32 Å². The van der Waals surface area contributed by atoms with Crippen molar-refractivity contribution >= 4 is 14.0 Å². The van der Waals surface area contributed by atoms with Crippen LogP contribution in [-0.2, 0) is 4.79 Å². The molecule has 0 saturated heterocycles. The molecule has 0 aliphatic heterocycles. The van der Waals surface area contributed by atoms with Crippen LogP contribution in [0.4, 0.5) is 0 Å². The van der Waals surface area contributed by atoms with Gasteiger partial charge in [0.15, 0.2) is 0 Å². The topological polar surface area (TPSA) is 29.1 Å². The summed E-state index contributed by atoms with van der Waals surface area (Å²) in [6, 6.07) is 1.08. The van der Waals surface area contributed by atoms with Gasteiger partial charge in [0.25, 0.3) is 0 Å². The molecule has 1 amide bonds. The smallest absolute Gasteiger partial charge is 0.222 e. The van der Waals surface area contributed by atoms with E-state index in [2.05, 4.69) is 25.0 Å². The standard InChI is InChI=1S/C8H19NOSi/c1-7(8(10)9-2)6-11(3,4)5/h7H,6H2,1-5H3,(H,9,10). The summed E-state index contributed by atoms with van der Waals surface area (Å²) in [5, 5.41) is 2.67. The van der Waals surface area contributed by atoms with Crippen molar-refractivity contribution in [2.45, 2.75) is 32.6 Å². The van der Waals surface area contributed by atoms with Gasteiger partial charge in [-0.05, 0) is 6.04 Å². The molecular weight excluding hydrogens is 154 g/mol. The van der Waals surface area contributed by atoms with Crippen LogP contribution in [0.25, 0.3) is 0 Å². The van der Waals surface area contributed by atoms with Crippen molar-refractivity contribution in [3.05, 3.63) is 0 Å². The summed E-state index contributed by atoms with van der Waals surface area (Å²) in [5.41, 5.74) is 0. The van der Waals surface area contributed by atoms with Gasteiger partial charge >= 0.3 is 0 Å². The Morgan fingerprint density at radius 2 is 1.91 bits per heavy atom. The molecule has 1 atom stereocenters. The average Bonchev–Trinajstić information content (AvgIpc) is 1.82. The zero-order chi connectivity index (χ0) is 9.07. The Labute approximate surface area is 70.4 Å². The summed E-state index contributed by atoms with van der Waals surface area (Å²) in [6.07, 6.45) is 0. The van der Waals surface area contributed by atoms with Gasteiger partial charge in [0.05, 0.1) is 0 Å². The van der Waals surface area contributed by atoms with E-state index in [1.165, 1.54) is 0 Å². The van der Waals surface area contributed by atoms with E-state index < -0.39 is 8.07 Å². The molecule has 0 aromatic rings. The summed E-state index contributed by atoms with van der Waals surface area (Å²) in [4.78, 5) is 11.1. The molecule has 0 aromatic carbocycles. The van der Waals surface area contributed by atoms with Crippen LogP contribution >= 0.6 is 0 Å². The Kier molecular flexibility index (Phi) is 3.79. The van der Waals surface area contributed by atoms with Crippen LogP contribution in [0.2, 0.25) is 25.7 Å². The summed E-state index contributed by atoms with van der Waals surface area (Å²) in [6.45, 7) is 8.85. The van der Waals surface area contributed by atoms with Crippen LogP contribution in [0, 0.1) is 5.92 Å². The lowest BCUT2D eigenvalue weighted by atomic mass is 10.2. The third kappa shape index (κ3) is 5.01. The van der Waals surface area contributed by atoms with E-state index in [0.29, 0.717) is 0 Å². The van der Waals surface area contributed by atoms with Gasteiger partial charge in [-0.3, -0.25) is 4.79 Å². The molecule has 0 heterocycles. The van der Waals surface area contributed by atoms with E-state index in [-0.39, 0.29) is 11.8 Å². The molecule has 0 rings (SSSR count). The van der Waals surface area contributed by atoms with Crippen molar-refractivity contribution in [2.75, 3.05) is 7.05 Å². The maximum absolute atomic E-state index is 11.1. The van der Waals surface area contributed by atoms with Crippen LogP contribution < -0.4 is 5.32 Å². The van der Waals surface area contributed by atoms with Crippen molar-refractivity contribution in [3.8, 4) is 0 Å². The number of hydrogen-bond donors (Lipinski definition) is 1. The Morgan fingerprint density at radius 1 is 1.45 bits per heavy atom. The van der Waals surface area contributed by atoms with Gasteiger partial charge in [-0.1, -0.05) is 26.6 Å². The highest BCUT2D eigenvalue weighted by molar-refractivity contribution is 6.76. The summed E-state index contributed by atoms with van der Waals surface area (Å²) >= 11 is 0. The molecule has 0 radical (unpaired) electrons. The fourth-order valence-electron chi connectivity index (χ4n) is 1.26. The SMILES string of the molecule is CNC(=O)C(C)C[Si](C)(C)C. The fraction of sp³-hybridized carbons (Fsp3) is 0.875. The fourth-order valence-corrected chi connectivity index (χ4v) is 3.28. The quantitative estimate of drug-likeness (QED) is 0.647. The van der Waals surface area contributed by atoms with Crippen LogP contribution in [0.3, 0.4) is 0 Å². The molecule has 0 spiro atoms. The molecule has 11 heavy (non-hydrogen) atoms. The number of carbonyl (C=O) groups excluding carboxylic acids is 1. The molecule has 66 valence electrons. The molecule has 0 aliphatic carbocycles. The first-order valence-corrected chi connectivity index (χ1v) is 7.79. The van der Waals surface area contributed by atoms with Gasteiger partial charge in [-0.25, -0.2) is 0 Å². The lowest BCUT2D eigenvalue weighted by Crippen LogP contribution is -2.32. The predicted octanol–water partition coefficient (Wildman–Crippen LogP) is 1.71. The molecule has 0 fully saturated rings. The summed E-state index contributed by atoms with van der Waals surface area (Å²) in [5.74, 6) is 0.360. The largest absolute Gasteiger partial charge is 0.359 e. The Morgan fingerprint density at radius 3 is 2.18 bits per heavy atom.